The number of rotatable bonds is 4. The molecule has 0 atom stereocenters. The molecule has 0 bridgehead atoms. The minimum Gasteiger partial charge on any atom is -0.389 e. The Kier molecular flexibility index (Phi) is 4.70. The third-order valence-corrected chi connectivity index (χ3v) is 2.86. The number of nitrogens with one attached hydrogen (secondary N) is 2. The molecule has 0 aromatic heterocycles. The number of hydrogen-bond acceptors (Lipinski definition) is 3. The fourth-order valence-electron chi connectivity index (χ4n) is 1.08. The van der Waals surface area contributed by atoms with Crippen LogP contribution >= 0.6 is 28.1 Å². The lowest BCUT2D eigenvalue weighted by Crippen LogP contribution is -2.26. The number of hydrogen-bond donors (Lipinski definition) is 3. The summed E-state index contributed by atoms with van der Waals surface area (Å²) in [5.41, 5.74) is 7.11. The van der Waals surface area contributed by atoms with E-state index in [2.05, 4.69) is 26.6 Å². The first-order chi connectivity index (χ1) is 7.54. The molecule has 1 aromatic carbocycles. The zero-order valence-corrected chi connectivity index (χ0v) is 11.1. The molecule has 16 heavy (non-hydrogen) atoms. The molecular formula is C10H12BrN3OS. The topological polar surface area (TPSA) is 67.2 Å². The summed E-state index contributed by atoms with van der Waals surface area (Å²) in [6.07, 6.45) is 0. The number of anilines is 1. The predicted molar refractivity (Wildman–Crippen MR) is 72.6 cm³/mol. The zero-order valence-electron chi connectivity index (χ0n) is 8.71. The number of carbonyl (C=O) groups is 1. The second kappa shape index (κ2) is 5.81. The van der Waals surface area contributed by atoms with Crippen molar-refractivity contribution in [2.75, 3.05) is 18.9 Å². The van der Waals surface area contributed by atoms with Gasteiger partial charge in [-0.2, -0.15) is 0 Å². The molecule has 0 saturated heterocycles. The van der Waals surface area contributed by atoms with E-state index >= 15 is 0 Å². The van der Waals surface area contributed by atoms with E-state index in [-0.39, 0.29) is 12.5 Å². The zero-order chi connectivity index (χ0) is 12.1. The van der Waals surface area contributed by atoms with Gasteiger partial charge in [0.05, 0.1) is 6.54 Å². The number of likely N-dealkylation sites (N-methyl/N-ethyl adjacent to an activating group) is 1. The van der Waals surface area contributed by atoms with E-state index in [0.29, 0.717) is 4.99 Å². The van der Waals surface area contributed by atoms with Crippen LogP contribution in [0.4, 0.5) is 5.69 Å². The lowest BCUT2D eigenvalue weighted by atomic mass is 10.2. The number of benzene rings is 1. The van der Waals surface area contributed by atoms with Crippen molar-refractivity contribution in [2.24, 2.45) is 5.73 Å². The molecule has 0 aliphatic rings. The molecule has 0 fully saturated rings. The molecule has 0 heterocycles. The van der Waals surface area contributed by atoms with Crippen molar-refractivity contribution in [1.29, 1.82) is 0 Å². The lowest BCUT2D eigenvalue weighted by molar-refractivity contribution is -0.118. The summed E-state index contributed by atoms with van der Waals surface area (Å²) >= 11 is 8.24. The predicted octanol–water partition coefficient (Wildman–Crippen LogP) is 1.24. The van der Waals surface area contributed by atoms with Gasteiger partial charge in [-0.1, -0.05) is 12.2 Å². The highest BCUT2D eigenvalue weighted by atomic mass is 79.9. The highest BCUT2D eigenvalue weighted by Crippen LogP contribution is 2.23. The number of thiocarbonyl (C=S) groups is 1. The van der Waals surface area contributed by atoms with E-state index in [1.807, 2.05) is 12.1 Å². The number of nitrogens with two attached hydrogens (primary N) is 1. The lowest BCUT2D eigenvalue weighted by Gasteiger charge is -2.09. The molecule has 1 rings (SSSR count). The Morgan fingerprint density at radius 3 is 2.75 bits per heavy atom. The second-order valence-corrected chi connectivity index (χ2v) is 4.38. The van der Waals surface area contributed by atoms with E-state index in [4.69, 9.17) is 18.0 Å². The van der Waals surface area contributed by atoms with Gasteiger partial charge in [0.25, 0.3) is 0 Å². The number of carbonyl (C=O) groups excluding carboxylic acids is 1. The maximum Gasteiger partial charge on any atom is 0.239 e. The van der Waals surface area contributed by atoms with E-state index < -0.39 is 0 Å². The van der Waals surface area contributed by atoms with Gasteiger partial charge in [0.2, 0.25) is 5.91 Å². The van der Waals surface area contributed by atoms with E-state index in [0.717, 1.165) is 15.7 Å². The molecule has 0 unspecified atom stereocenters. The summed E-state index contributed by atoms with van der Waals surface area (Å²) in [5, 5.41) is 5.51. The monoisotopic (exact) mass is 301 g/mol. The van der Waals surface area contributed by atoms with Crippen molar-refractivity contribution in [2.45, 2.75) is 0 Å². The fraction of sp³-hybridized carbons (Fsp3) is 0.200. The Morgan fingerprint density at radius 1 is 1.56 bits per heavy atom. The Morgan fingerprint density at radius 2 is 2.25 bits per heavy atom. The molecule has 0 spiro atoms. The van der Waals surface area contributed by atoms with Crippen LogP contribution in [-0.2, 0) is 4.79 Å². The van der Waals surface area contributed by atoms with Crippen molar-refractivity contribution in [3.8, 4) is 0 Å². The molecule has 6 heteroatoms. The summed E-state index contributed by atoms with van der Waals surface area (Å²) in [6, 6.07) is 5.44. The van der Waals surface area contributed by atoms with Crippen LogP contribution in [0.1, 0.15) is 5.56 Å². The average Bonchev–Trinajstić information content (AvgIpc) is 2.26. The summed E-state index contributed by atoms with van der Waals surface area (Å²) < 4.78 is 0.821. The smallest absolute Gasteiger partial charge is 0.239 e. The number of halogens is 1. The Hall–Kier alpha value is -1.14. The van der Waals surface area contributed by atoms with Crippen LogP contribution in [0.15, 0.2) is 22.7 Å². The van der Waals surface area contributed by atoms with E-state index in [1.54, 1.807) is 13.1 Å². The molecule has 0 aliphatic carbocycles. The fourth-order valence-corrected chi connectivity index (χ4v) is 1.72. The van der Waals surface area contributed by atoms with Gasteiger partial charge < -0.3 is 16.4 Å². The van der Waals surface area contributed by atoms with Crippen molar-refractivity contribution in [3.05, 3.63) is 28.2 Å². The first kappa shape index (κ1) is 12.9. The third-order valence-electron chi connectivity index (χ3n) is 1.97. The second-order valence-electron chi connectivity index (χ2n) is 3.09. The van der Waals surface area contributed by atoms with E-state index in [1.165, 1.54) is 0 Å². The largest absolute Gasteiger partial charge is 0.389 e. The summed E-state index contributed by atoms with van der Waals surface area (Å²) in [4.78, 5) is 11.4. The first-order valence-corrected chi connectivity index (χ1v) is 5.78. The van der Waals surface area contributed by atoms with Crippen LogP contribution < -0.4 is 16.4 Å². The van der Waals surface area contributed by atoms with E-state index in [9.17, 15) is 4.79 Å². The minimum absolute atomic E-state index is 0.0784. The molecule has 86 valence electrons. The Labute approximate surface area is 108 Å². The van der Waals surface area contributed by atoms with Crippen molar-refractivity contribution in [3.63, 3.8) is 0 Å². The van der Waals surface area contributed by atoms with Gasteiger partial charge in [0.15, 0.2) is 0 Å². The quantitative estimate of drug-likeness (QED) is 0.732. The SMILES string of the molecule is CNC(=O)CNc1ccc(C(N)=S)cc1Br. The third kappa shape index (κ3) is 3.46. The van der Waals surface area contributed by atoms with Gasteiger partial charge in [-0.15, -0.1) is 0 Å². The average molecular weight is 302 g/mol. The number of amides is 1. The molecule has 1 aromatic rings. The summed E-state index contributed by atoms with van der Waals surface area (Å²) in [7, 11) is 1.59. The van der Waals surface area contributed by atoms with Crippen molar-refractivity contribution < 1.29 is 4.79 Å². The van der Waals surface area contributed by atoms with Crippen LogP contribution in [0, 0.1) is 0 Å². The maximum absolute atomic E-state index is 11.0. The van der Waals surface area contributed by atoms with Crippen LogP contribution in [0.5, 0.6) is 0 Å². The molecule has 0 saturated carbocycles. The molecule has 1 amide bonds. The van der Waals surface area contributed by atoms with Gasteiger partial charge in [-0.05, 0) is 34.1 Å². The minimum atomic E-state index is -0.0784. The molecule has 4 N–H and O–H groups in total. The van der Waals surface area contributed by atoms with Gasteiger partial charge in [0.1, 0.15) is 4.99 Å². The van der Waals surface area contributed by atoms with Crippen LogP contribution in [0.2, 0.25) is 0 Å². The first-order valence-electron chi connectivity index (χ1n) is 4.58. The summed E-state index contributed by atoms with van der Waals surface area (Å²) in [5.74, 6) is -0.0784. The maximum atomic E-state index is 11.0. The van der Waals surface area contributed by atoms with Crippen molar-refractivity contribution in [1.82, 2.24) is 5.32 Å². The highest BCUT2D eigenvalue weighted by molar-refractivity contribution is 9.10. The highest BCUT2D eigenvalue weighted by Gasteiger charge is 2.04. The van der Waals surface area contributed by atoms with Crippen LogP contribution in [0.25, 0.3) is 0 Å². The van der Waals surface area contributed by atoms with Gasteiger partial charge in [-0.3, -0.25) is 4.79 Å². The Balaban J connectivity index is 2.75. The molecule has 0 aliphatic heterocycles. The normalized spacial score (nSPS) is 9.62. The van der Waals surface area contributed by atoms with Gasteiger partial charge >= 0.3 is 0 Å². The Bertz CT molecular complexity index is 423. The van der Waals surface area contributed by atoms with Gasteiger partial charge in [0, 0.05) is 22.8 Å². The standard InChI is InChI=1S/C10H12BrN3OS/c1-13-9(15)5-14-8-3-2-6(10(12)16)4-7(8)11/h2-4,14H,5H2,1H3,(H2,12,16)(H,13,15). The summed E-state index contributed by atoms with van der Waals surface area (Å²) in [6.45, 7) is 0.224. The van der Waals surface area contributed by atoms with Gasteiger partial charge in [-0.25, -0.2) is 0 Å². The molecule has 4 nitrogen and oxygen atoms in total. The van der Waals surface area contributed by atoms with Crippen LogP contribution in [-0.4, -0.2) is 24.5 Å². The molecule has 0 radical (unpaired) electrons. The van der Waals surface area contributed by atoms with Crippen LogP contribution in [0.3, 0.4) is 0 Å². The van der Waals surface area contributed by atoms with Crippen molar-refractivity contribution >= 4 is 44.7 Å². The molecular weight excluding hydrogens is 290 g/mol.